The van der Waals surface area contributed by atoms with E-state index >= 15 is 0 Å². The summed E-state index contributed by atoms with van der Waals surface area (Å²) in [5, 5.41) is 0. The number of nitrogens with two attached hydrogens (primary N) is 2. The lowest BCUT2D eigenvalue weighted by Gasteiger charge is -2.15. The third-order valence-electron chi connectivity index (χ3n) is 5.47. The van der Waals surface area contributed by atoms with Gasteiger partial charge >= 0.3 is 24.5 Å². The number of epoxide rings is 1. The van der Waals surface area contributed by atoms with Crippen molar-refractivity contribution in [2.75, 3.05) is 11.5 Å². The summed E-state index contributed by atoms with van der Waals surface area (Å²) in [4.78, 5) is 12.4. The number of hydrogen-bond donors (Lipinski definition) is 2. The van der Waals surface area contributed by atoms with Gasteiger partial charge in [0.25, 0.3) is 0 Å². The lowest BCUT2D eigenvalue weighted by Crippen LogP contribution is -2.16. The number of rotatable bonds is 5. The monoisotopic (exact) mass is 566 g/mol. The molecule has 15 heteroatoms. The second-order valence-corrected chi connectivity index (χ2v) is 8.23. The molecular formula is C24H15F9N2O4. The van der Waals surface area contributed by atoms with Crippen molar-refractivity contribution in [1.29, 1.82) is 0 Å². The summed E-state index contributed by atoms with van der Waals surface area (Å²) >= 11 is 0. The first kappa shape index (κ1) is 27.9. The van der Waals surface area contributed by atoms with Gasteiger partial charge in [0.1, 0.15) is 17.6 Å². The van der Waals surface area contributed by atoms with Crippen molar-refractivity contribution in [3.8, 4) is 11.5 Å². The molecule has 0 spiro atoms. The van der Waals surface area contributed by atoms with Crippen LogP contribution in [0, 0.1) is 0 Å². The number of anilines is 2. The largest absolute Gasteiger partial charge is 0.462 e. The first-order valence-electron chi connectivity index (χ1n) is 10.6. The van der Waals surface area contributed by atoms with Crippen LogP contribution in [0.2, 0.25) is 0 Å². The molecular weight excluding hydrogens is 551 g/mol. The number of alkyl halides is 9. The first-order chi connectivity index (χ1) is 17.9. The highest BCUT2D eigenvalue weighted by atomic mass is 19.4. The maximum Gasteiger partial charge on any atom is 0.419 e. The molecule has 3 aromatic rings. The fraction of sp³-hybridized carbons (Fsp3) is 0.208. The van der Waals surface area contributed by atoms with E-state index < -0.39 is 76.3 Å². The average Bonchev–Trinajstić information content (AvgIpc) is 3.57. The average molecular weight is 566 g/mol. The van der Waals surface area contributed by atoms with Gasteiger partial charge in [-0.25, -0.2) is 4.79 Å². The molecule has 39 heavy (non-hydrogen) atoms. The molecule has 2 unspecified atom stereocenters. The fourth-order valence-corrected chi connectivity index (χ4v) is 3.54. The van der Waals surface area contributed by atoms with Gasteiger partial charge in [-0.05, 0) is 54.1 Å². The Bertz CT molecular complexity index is 1420. The molecule has 6 nitrogen and oxygen atoms in total. The van der Waals surface area contributed by atoms with Crippen LogP contribution in [-0.2, 0) is 23.3 Å². The molecule has 0 bridgehead atoms. The lowest BCUT2D eigenvalue weighted by molar-refractivity contribution is -0.139. The number of nitrogen functional groups attached to an aromatic ring is 2. The third kappa shape index (κ3) is 6.13. The van der Waals surface area contributed by atoms with Crippen molar-refractivity contribution in [2.24, 2.45) is 0 Å². The molecule has 0 radical (unpaired) electrons. The predicted molar refractivity (Wildman–Crippen MR) is 116 cm³/mol. The molecule has 1 fully saturated rings. The fourth-order valence-electron chi connectivity index (χ4n) is 3.54. The van der Waals surface area contributed by atoms with E-state index in [1.807, 2.05) is 0 Å². The first-order valence-corrected chi connectivity index (χ1v) is 10.6. The summed E-state index contributed by atoms with van der Waals surface area (Å²) in [5.41, 5.74) is 4.48. The van der Waals surface area contributed by atoms with Crippen LogP contribution in [0.15, 0.2) is 54.6 Å². The number of ether oxygens (including phenoxy) is 3. The molecule has 0 amide bonds. The van der Waals surface area contributed by atoms with Crippen LogP contribution in [0.4, 0.5) is 50.9 Å². The van der Waals surface area contributed by atoms with Crippen LogP contribution in [0.1, 0.15) is 38.7 Å². The van der Waals surface area contributed by atoms with Crippen LogP contribution in [0.25, 0.3) is 0 Å². The Labute approximate surface area is 212 Å². The zero-order valence-electron chi connectivity index (χ0n) is 19.0. The second-order valence-electron chi connectivity index (χ2n) is 8.23. The normalized spacial score (nSPS) is 17.6. The molecule has 1 aliphatic heterocycles. The summed E-state index contributed by atoms with van der Waals surface area (Å²) in [6.07, 6.45) is -17.1. The quantitative estimate of drug-likeness (QED) is 0.119. The summed E-state index contributed by atoms with van der Waals surface area (Å²) in [6, 6.07) is 7.02. The minimum absolute atomic E-state index is 0.120. The molecule has 4 N–H and O–H groups in total. The Morgan fingerprint density at radius 2 is 1.28 bits per heavy atom. The van der Waals surface area contributed by atoms with E-state index in [-0.39, 0.29) is 11.3 Å². The van der Waals surface area contributed by atoms with Crippen LogP contribution in [0.3, 0.4) is 0 Å². The summed E-state index contributed by atoms with van der Waals surface area (Å²) in [6.45, 7) is 0. The second kappa shape index (κ2) is 9.55. The summed E-state index contributed by atoms with van der Waals surface area (Å²) in [7, 11) is 0. The van der Waals surface area contributed by atoms with Crippen molar-refractivity contribution in [3.63, 3.8) is 0 Å². The van der Waals surface area contributed by atoms with E-state index in [0.717, 1.165) is 36.4 Å². The van der Waals surface area contributed by atoms with Gasteiger partial charge in [0, 0.05) is 11.4 Å². The SMILES string of the molecule is Nc1ccc(OC2OC2c2ccc(OC(=O)c3ccc(N)c(C(F)(F)F)c3)c(C(F)(F)F)c2)cc1C(F)(F)F. The van der Waals surface area contributed by atoms with E-state index in [9.17, 15) is 44.3 Å². The Hall–Kier alpha value is -4.14. The third-order valence-corrected chi connectivity index (χ3v) is 5.47. The van der Waals surface area contributed by atoms with E-state index in [2.05, 4.69) is 0 Å². The highest BCUT2D eigenvalue weighted by Gasteiger charge is 2.45. The Balaban J connectivity index is 1.54. The zero-order chi connectivity index (χ0) is 28.9. The van der Waals surface area contributed by atoms with Gasteiger partial charge in [-0.15, -0.1) is 0 Å². The number of benzene rings is 3. The smallest absolute Gasteiger partial charge is 0.419 e. The minimum atomic E-state index is -5.08. The predicted octanol–water partition coefficient (Wildman–Crippen LogP) is 6.60. The van der Waals surface area contributed by atoms with Gasteiger partial charge in [0.15, 0.2) is 0 Å². The van der Waals surface area contributed by atoms with Gasteiger partial charge in [-0.1, -0.05) is 6.07 Å². The van der Waals surface area contributed by atoms with Crippen molar-refractivity contribution < 1.29 is 58.5 Å². The van der Waals surface area contributed by atoms with Crippen molar-refractivity contribution in [3.05, 3.63) is 82.4 Å². The topological polar surface area (TPSA) is 100 Å². The molecule has 0 aromatic heterocycles. The molecule has 0 saturated carbocycles. The number of carbonyl (C=O) groups is 1. The van der Waals surface area contributed by atoms with Crippen LogP contribution in [0.5, 0.6) is 11.5 Å². The molecule has 3 aromatic carbocycles. The maximum atomic E-state index is 13.7. The molecule has 1 aliphatic rings. The van der Waals surface area contributed by atoms with Gasteiger partial charge in [-0.2, -0.15) is 39.5 Å². The Morgan fingerprint density at radius 3 is 1.87 bits per heavy atom. The van der Waals surface area contributed by atoms with E-state index in [1.165, 1.54) is 0 Å². The van der Waals surface area contributed by atoms with Gasteiger partial charge in [0.2, 0.25) is 6.29 Å². The number of esters is 1. The summed E-state index contributed by atoms with van der Waals surface area (Å²) < 4.78 is 135. The number of hydrogen-bond acceptors (Lipinski definition) is 6. The Kier molecular flexibility index (Phi) is 6.83. The van der Waals surface area contributed by atoms with Gasteiger partial charge < -0.3 is 25.7 Å². The van der Waals surface area contributed by atoms with Crippen LogP contribution >= 0.6 is 0 Å². The number of halogens is 9. The standard InChI is InChI=1S/C24H15F9N2O4/c25-22(26,27)13-8-11(1-4-16(13)34)20(36)38-18-6-2-10(7-15(18)24(31,32)33)19-21(39-19)37-12-3-5-17(35)14(9-12)23(28,29)30/h1-9,19,21H,34-35H2. The molecule has 1 heterocycles. The highest BCUT2D eigenvalue weighted by Crippen LogP contribution is 2.45. The zero-order valence-corrected chi connectivity index (χ0v) is 19.0. The summed E-state index contributed by atoms with van der Waals surface area (Å²) in [5.74, 6) is -2.81. The molecule has 0 aliphatic carbocycles. The van der Waals surface area contributed by atoms with Crippen molar-refractivity contribution >= 4 is 17.3 Å². The molecule has 4 rings (SSSR count). The van der Waals surface area contributed by atoms with E-state index in [4.69, 9.17) is 25.7 Å². The molecule has 1 saturated heterocycles. The molecule has 2 atom stereocenters. The van der Waals surface area contributed by atoms with E-state index in [1.54, 1.807) is 0 Å². The van der Waals surface area contributed by atoms with Crippen molar-refractivity contribution in [2.45, 2.75) is 30.9 Å². The van der Waals surface area contributed by atoms with E-state index in [0.29, 0.717) is 18.2 Å². The minimum Gasteiger partial charge on any atom is -0.462 e. The molecule has 208 valence electrons. The van der Waals surface area contributed by atoms with Gasteiger partial charge in [-0.3, -0.25) is 0 Å². The van der Waals surface area contributed by atoms with Gasteiger partial charge in [0.05, 0.1) is 22.3 Å². The van der Waals surface area contributed by atoms with Crippen LogP contribution in [-0.4, -0.2) is 12.3 Å². The maximum absolute atomic E-state index is 13.7. The lowest BCUT2D eigenvalue weighted by atomic mass is 10.1. The van der Waals surface area contributed by atoms with Crippen molar-refractivity contribution in [1.82, 2.24) is 0 Å². The van der Waals surface area contributed by atoms with Crippen LogP contribution < -0.4 is 20.9 Å². The number of carbonyl (C=O) groups excluding carboxylic acids is 1. The Morgan fingerprint density at radius 1 is 0.718 bits per heavy atom. The highest BCUT2D eigenvalue weighted by molar-refractivity contribution is 5.92.